The summed E-state index contributed by atoms with van der Waals surface area (Å²) in [6, 6.07) is 0. The minimum atomic E-state index is 0.229. The number of hydrogen-bond donors (Lipinski definition) is 1. The van der Waals surface area contributed by atoms with Crippen LogP contribution in [-0.4, -0.2) is 24.0 Å². The molecule has 1 fully saturated rings. The molecule has 64 valence electrons. The first-order chi connectivity index (χ1) is 5.34. The van der Waals surface area contributed by atoms with Crippen molar-refractivity contribution >= 4 is 5.91 Å². The summed E-state index contributed by atoms with van der Waals surface area (Å²) >= 11 is 0. The molecule has 0 atom stereocenters. The molecule has 0 aromatic rings. The highest BCUT2D eigenvalue weighted by Gasteiger charge is 2.12. The molecule has 3 nitrogen and oxygen atoms in total. The Kier molecular flexibility index (Phi) is 3.36. The number of amides is 1. The van der Waals surface area contributed by atoms with Gasteiger partial charge in [0.25, 0.3) is 0 Å². The summed E-state index contributed by atoms with van der Waals surface area (Å²) in [4.78, 5) is 13.0. The van der Waals surface area contributed by atoms with Crippen molar-refractivity contribution in [3.63, 3.8) is 0 Å². The largest absolute Gasteiger partial charge is 0.330 e. The molecule has 1 saturated heterocycles. The molecule has 1 aliphatic rings. The average Bonchev–Trinajstić information content (AvgIpc) is 1.98. The van der Waals surface area contributed by atoms with Crippen LogP contribution in [0.15, 0.2) is 0 Å². The van der Waals surface area contributed by atoms with Crippen LogP contribution in [0, 0.1) is 0 Å². The van der Waals surface area contributed by atoms with Gasteiger partial charge in [-0.15, -0.1) is 0 Å². The monoisotopic (exact) mass is 156 g/mol. The standard InChI is InChI=1S/C8H16N2O/c9-7-10-6-4-2-1-3-5-8(10)11/h1-7,9H2. The van der Waals surface area contributed by atoms with Gasteiger partial charge in [0, 0.05) is 13.0 Å². The molecule has 0 aromatic heterocycles. The van der Waals surface area contributed by atoms with Crippen molar-refractivity contribution < 1.29 is 4.79 Å². The maximum atomic E-state index is 11.2. The van der Waals surface area contributed by atoms with E-state index in [1.807, 2.05) is 0 Å². The van der Waals surface area contributed by atoms with Gasteiger partial charge in [-0.05, 0) is 12.8 Å². The Bertz CT molecular complexity index is 136. The SMILES string of the molecule is NCN1CCCCCCC1=O. The Labute approximate surface area is 67.5 Å². The van der Waals surface area contributed by atoms with Crippen LogP contribution >= 0.6 is 0 Å². The van der Waals surface area contributed by atoms with E-state index in [-0.39, 0.29) is 5.91 Å². The molecule has 1 amide bonds. The lowest BCUT2D eigenvalue weighted by atomic mass is 10.1. The minimum Gasteiger partial charge on any atom is -0.330 e. The first-order valence-corrected chi connectivity index (χ1v) is 4.32. The maximum Gasteiger partial charge on any atom is 0.223 e. The van der Waals surface area contributed by atoms with Gasteiger partial charge in [0.2, 0.25) is 5.91 Å². The smallest absolute Gasteiger partial charge is 0.223 e. The van der Waals surface area contributed by atoms with Gasteiger partial charge in [-0.25, -0.2) is 0 Å². The molecule has 2 N–H and O–H groups in total. The third-order valence-electron chi connectivity index (χ3n) is 2.14. The lowest BCUT2D eigenvalue weighted by Gasteiger charge is -2.22. The van der Waals surface area contributed by atoms with Gasteiger partial charge < -0.3 is 10.6 Å². The number of likely N-dealkylation sites (tertiary alicyclic amines) is 1. The summed E-state index contributed by atoms with van der Waals surface area (Å²) in [6.45, 7) is 1.24. The van der Waals surface area contributed by atoms with E-state index >= 15 is 0 Å². The highest BCUT2D eigenvalue weighted by Crippen LogP contribution is 2.10. The van der Waals surface area contributed by atoms with E-state index in [0.717, 1.165) is 19.4 Å². The van der Waals surface area contributed by atoms with Crippen molar-refractivity contribution in [2.45, 2.75) is 32.1 Å². The molecule has 0 bridgehead atoms. The van der Waals surface area contributed by atoms with Crippen molar-refractivity contribution in [2.24, 2.45) is 5.73 Å². The first kappa shape index (κ1) is 8.53. The zero-order valence-corrected chi connectivity index (χ0v) is 6.88. The predicted octanol–water partition coefficient (Wildman–Crippen LogP) is 0.695. The van der Waals surface area contributed by atoms with Crippen molar-refractivity contribution in [2.75, 3.05) is 13.2 Å². The fourth-order valence-corrected chi connectivity index (χ4v) is 1.41. The summed E-state index contributed by atoms with van der Waals surface area (Å²) in [6.07, 6.45) is 5.28. The third-order valence-corrected chi connectivity index (χ3v) is 2.14. The van der Waals surface area contributed by atoms with E-state index in [4.69, 9.17) is 5.73 Å². The molecule has 0 spiro atoms. The zero-order chi connectivity index (χ0) is 8.10. The Balaban J connectivity index is 2.39. The van der Waals surface area contributed by atoms with Gasteiger partial charge in [0.05, 0.1) is 6.67 Å². The molecule has 0 aromatic carbocycles. The summed E-state index contributed by atoms with van der Waals surface area (Å²) in [5, 5.41) is 0. The van der Waals surface area contributed by atoms with E-state index in [1.165, 1.54) is 12.8 Å². The molecule has 0 unspecified atom stereocenters. The lowest BCUT2D eigenvalue weighted by Crippen LogP contribution is -2.37. The second-order valence-corrected chi connectivity index (χ2v) is 3.00. The van der Waals surface area contributed by atoms with Gasteiger partial charge in [0.1, 0.15) is 0 Å². The number of carbonyl (C=O) groups is 1. The van der Waals surface area contributed by atoms with Crippen molar-refractivity contribution in [1.82, 2.24) is 4.90 Å². The van der Waals surface area contributed by atoms with Gasteiger partial charge in [0.15, 0.2) is 0 Å². The fourth-order valence-electron chi connectivity index (χ4n) is 1.41. The molecule has 11 heavy (non-hydrogen) atoms. The molecule has 0 radical (unpaired) electrons. The molecule has 1 aliphatic heterocycles. The van der Waals surface area contributed by atoms with Crippen molar-refractivity contribution in [3.8, 4) is 0 Å². The van der Waals surface area contributed by atoms with Gasteiger partial charge in [-0.3, -0.25) is 4.79 Å². The first-order valence-electron chi connectivity index (χ1n) is 4.32. The Hall–Kier alpha value is -0.570. The topological polar surface area (TPSA) is 46.3 Å². The van der Waals surface area contributed by atoms with Crippen LogP contribution in [0.2, 0.25) is 0 Å². The molecule has 1 heterocycles. The van der Waals surface area contributed by atoms with Crippen LogP contribution < -0.4 is 5.73 Å². The van der Waals surface area contributed by atoms with E-state index in [0.29, 0.717) is 13.1 Å². The Morgan fingerprint density at radius 2 is 2.00 bits per heavy atom. The fraction of sp³-hybridized carbons (Fsp3) is 0.875. The van der Waals surface area contributed by atoms with Crippen LogP contribution in [0.3, 0.4) is 0 Å². The maximum absolute atomic E-state index is 11.2. The van der Waals surface area contributed by atoms with E-state index in [9.17, 15) is 4.79 Å². The summed E-state index contributed by atoms with van der Waals surface area (Å²) in [5.74, 6) is 0.229. The van der Waals surface area contributed by atoms with E-state index in [2.05, 4.69) is 0 Å². The van der Waals surface area contributed by atoms with Crippen LogP contribution in [0.4, 0.5) is 0 Å². The molecule has 0 aliphatic carbocycles. The Morgan fingerprint density at radius 3 is 2.73 bits per heavy atom. The molecule has 3 heteroatoms. The molecular formula is C8H16N2O. The number of carbonyl (C=O) groups excluding carboxylic acids is 1. The quantitative estimate of drug-likeness (QED) is 0.607. The number of rotatable bonds is 1. The van der Waals surface area contributed by atoms with Crippen LogP contribution in [0.5, 0.6) is 0 Å². The molecular weight excluding hydrogens is 140 g/mol. The highest BCUT2D eigenvalue weighted by atomic mass is 16.2. The molecule has 1 rings (SSSR count). The lowest BCUT2D eigenvalue weighted by molar-refractivity contribution is -0.131. The normalized spacial score (nSPS) is 21.2. The second-order valence-electron chi connectivity index (χ2n) is 3.00. The summed E-state index contributed by atoms with van der Waals surface area (Å²) < 4.78 is 0. The van der Waals surface area contributed by atoms with E-state index < -0.39 is 0 Å². The van der Waals surface area contributed by atoms with Gasteiger partial charge in [-0.1, -0.05) is 12.8 Å². The summed E-state index contributed by atoms with van der Waals surface area (Å²) in [7, 11) is 0. The molecule has 0 saturated carbocycles. The Morgan fingerprint density at radius 1 is 1.27 bits per heavy atom. The van der Waals surface area contributed by atoms with Crippen LogP contribution in [0.25, 0.3) is 0 Å². The minimum absolute atomic E-state index is 0.229. The van der Waals surface area contributed by atoms with Crippen LogP contribution in [-0.2, 0) is 4.79 Å². The van der Waals surface area contributed by atoms with Gasteiger partial charge >= 0.3 is 0 Å². The number of hydrogen-bond acceptors (Lipinski definition) is 2. The van der Waals surface area contributed by atoms with Crippen molar-refractivity contribution in [1.29, 1.82) is 0 Å². The van der Waals surface area contributed by atoms with Crippen molar-refractivity contribution in [3.05, 3.63) is 0 Å². The number of nitrogens with two attached hydrogens (primary N) is 1. The predicted molar refractivity (Wildman–Crippen MR) is 43.9 cm³/mol. The van der Waals surface area contributed by atoms with E-state index in [1.54, 1.807) is 4.90 Å². The second kappa shape index (κ2) is 4.34. The van der Waals surface area contributed by atoms with Gasteiger partial charge in [-0.2, -0.15) is 0 Å². The highest BCUT2D eigenvalue weighted by molar-refractivity contribution is 5.76. The average molecular weight is 156 g/mol. The number of nitrogens with zero attached hydrogens (tertiary/aromatic N) is 1. The zero-order valence-electron chi connectivity index (χ0n) is 6.88. The van der Waals surface area contributed by atoms with Crippen LogP contribution in [0.1, 0.15) is 32.1 Å². The third kappa shape index (κ3) is 2.50. The summed E-state index contributed by atoms with van der Waals surface area (Å²) in [5.41, 5.74) is 5.42.